The zero-order chi connectivity index (χ0) is 12.5. The molecule has 0 amide bonds. The van der Waals surface area contributed by atoms with E-state index in [0.29, 0.717) is 25.1 Å². The first kappa shape index (κ1) is 11.7. The van der Waals surface area contributed by atoms with Crippen molar-refractivity contribution in [2.45, 2.75) is 12.8 Å². The summed E-state index contributed by atoms with van der Waals surface area (Å²) in [5, 5.41) is 11.9. The summed E-state index contributed by atoms with van der Waals surface area (Å²) in [6, 6.07) is 4.48. The van der Waals surface area contributed by atoms with Crippen LogP contribution in [-0.2, 0) is 4.79 Å². The number of carboxylic acids is 1. The highest BCUT2D eigenvalue weighted by Gasteiger charge is 2.49. The van der Waals surface area contributed by atoms with Crippen LogP contribution in [0.1, 0.15) is 12.8 Å². The van der Waals surface area contributed by atoms with Gasteiger partial charge in [0.05, 0.1) is 12.5 Å². The number of hydrogen-bond donors (Lipinski definition) is 2. The SMILES string of the molecule is COc1ccc(NCC2(C(=O)O)CC2)cc1F. The zero-order valence-corrected chi connectivity index (χ0v) is 9.50. The molecule has 17 heavy (non-hydrogen) atoms. The number of hydrogen-bond acceptors (Lipinski definition) is 3. The van der Waals surface area contributed by atoms with Crippen molar-refractivity contribution in [3.05, 3.63) is 24.0 Å². The predicted molar refractivity (Wildman–Crippen MR) is 60.7 cm³/mol. The third-order valence-electron chi connectivity index (χ3n) is 3.09. The maximum absolute atomic E-state index is 13.4. The van der Waals surface area contributed by atoms with Crippen LogP contribution in [0.15, 0.2) is 18.2 Å². The van der Waals surface area contributed by atoms with Gasteiger partial charge in [-0.05, 0) is 25.0 Å². The molecule has 1 aliphatic carbocycles. The standard InChI is InChI=1S/C12H14FNO3/c1-17-10-3-2-8(6-9(10)13)14-7-12(4-5-12)11(15)16/h2-3,6,14H,4-5,7H2,1H3,(H,15,16). The van der Waals surface area contributed by atoms with Crippen LogP contribution < -0.4 is 10.1 Å². The Morgan fingerprint density at radius 2 is 2.29 bits per heavy atom. The molecular weight excluding hydrogens is 225 g/mol. The smallest absolute Gasteiger partial charge is 0.311 e. The molecule has 1 fully saturated rings. The number of benzene rings is 1. The minimum atomic E-state index is -0.793. The number of methoxy groups -OCH3 is 1. The quantitative estimate of drug-likeness (QED) is 0.826. The summed E-state index contributed by atoms with van der Waals surface area (Å²) >= 11 is 0. The molecule has 0 unspecified atom stereocenters. The van der Waals surface area contributed by atoms with E-state index in [4.69, 9.17) is 9.84 Å². The summed E-state index contributed by atoms with van der Waals surface area (Å²) in [5.74, 6) is -1.08. The second kappa shape index (κ2) is 4.24. The minimum absolute atomic E-state index is 0.176. The van der Waals surface area contributed by atoms with Crippen molar-refractivity contribution in [1.29, 1.82) is 0 Å². The monoisotopic (exact) mass is 239 g/mol. The first-order valence-electron chi connectivity index (χ1n) is 5.38. The summed E-state index contributed by atoms with van der Waals surface area (Å²) in [6.07, 6.45) is 1.35. The Kier molecular flexibility index (Phi) is 2.92. The van der Waals surface area contributed by atoms with Crippen LogP contribution in [0, 0.1) is 11.2 Å². The first-order valence-corrected chi connectivity index (χ1v) is 5.38. The Labute approximate surface area is 98.4 Å². The summed E-state index contributed by atoms with van der Waals surface area (Å²) in [4.78, 5) is 10.9. The highest BCUT2D eigenvalue weighted by molar-refractivity contribution is 5.78. The lowest BCUT2D eigenvalue weighted by atomic mass is 10.1. The van der Waals surface area contributed by atoms with E-state index >= 15 is 0 Å². The maximum Gasteiger partial charge on any atom is 0.311 e. The molecule has 5 heteroatoms. The Balaban J connectivity index is 2.00. The normalized spacial score (nSPS) is 16.4. The van der Waals surface area contributed by atoms with Crippen LogP contribution in [0.2, 0.25) is 0 Å². The van der Waals surface area contributed by atoms with Crippen LogP contribution in [0.25, 0.3) is 0 Å². The lowest BCUT2D eigenvalue weighted by Gasteiger charge is -2.12. The molecule has 2 N–H and O–H groups in total. The second-order valence-electron chi connectivity index (χ2n) is 4.29. The summed E-state index contributed by atoms with van der Waals surface area (Å²) < 4.78 is 18.2. The number of ether oxygens (including phenoxy) is 1. The van der Waals surface area contributed by atoms with Crippen molar-refractivity contribution in [1.82, 2.24) is 0 Å². The number of halogens is 1. The Bertz CT molecular complexity index is 443. The lowest BCUT2D eigenvalue weighted by molar-refractivity contribution is -0.142. The maximum atomic E-state index is 13.4. The highest BCUT2D eigenvalue weighted by atomic mass is 19.1. The molecular formula is C12H14FNO3. The average Bonchev–Trinajstić information content (AvgIpc) is 3.07. The predicted octanol–water partition coefficient (Wildman–Crippen LogP) is 2.11. The van der Waals surface area contributed by atoms with Gasteiger partial charge in [-0.2, -0.15) is 0 Å². The highest BCUT2D eigenvalue weighted by Crippen LogP contribution is 2.45. The van der Waals surface area contributed by atoms with Gasteiger partial charge in [-0.3, -0.25) is 4.79 Å². The molecule has 0 atom stereocenters. The van der Waals surface area contributed by atoms with Crippen LogP contribution in [-0.4, -0.2) is 24.7 Å². The number of carbonyl (C=O) groups is 1. The summed E-state index contributed by atoms with van der Waals surface area (Å²) in [7, 11) is 1.40. The van der Waals surface area contributed by atoms with Crippen molar-refractivity contribution in [3.8, 4) is 5.75 Å². The van der Waals surface area contributed by atoms with Crippen molar-refractivity contribution in [3.63, 3.8) is 0 Å². The third-order valence-corrected chi connectivity index (χ3v) is 3.09. The van der Waals surface area contributed by atoms with E-state index in [-0.39, 0.29) is 5.75 Å². The average molecular weight is 239 g/mol. The topological polar surface area (TPSA) is 58.6 Å². The molecule has 92 valence electrons. The van der Waals surface area contributed by atoms with Crippen LogP contribution >= 0.6 is 0 Å². The van der Waals surface area contributed by atoms with E-state index in [0.717, 1.165) is 0 Å². The summed E-state index contributed by atoms with van der Waals surface area (Å²) in [5.41, 5.74) is -0.0908. The van der Waals surface area contributed by atoms with E-state index in [2.05, 4.69) is 5.32 Å². The number of carboxylic acid groups (broad SMARTS) is 1. The van der Waals surface area contributed by atoms with Crippen molar-refractivity contribution >= 4 is 11.7 Å². The molecule has 0 heterocycles. The largest absolute Gasteiger partial charge is 0.494 e. The number of rotatable bonds is 5. The van der Waals surface area contributed by atoms with Crippen molar-refractivity contribution < 1.29 is 19.0 Å². The van der Waals surface area contributed by atoms with Crippen LogP contribution in [0.3, 0.4) is 0 Å². The van der Waals surface area contributed by atoms with Gasteiger partial charge in [0.2, 0.25) is 0 Å². The molecule has 1 aromatic rings. The molecule has 4 nitrogen and oxygen atoms in total. The Morgan fingerprint density at radius 3 is 2.76 bits per heavy atom. The van der Waals surface area contributed by atoms with Gasteiger partial charge in [0, 0.05) is 18.3 Å². The number of anilines is 1. The van der Waals surface area contributed by atoms with Crippen LogP contribution in [0.5, 0.6) is 5.75 Å². The molecule has 1 aromatic carbocycles. The molecule has 0 saturated heterocycles. The molecule has 0 radical (unpaired) electrons. The Morgan fingerprint density at radius 1 is 1.59 bits per heavy atom. The van der Waals surface area contributed by atoms with Gasteiger partial charge < -0.3 is 15.2 Å². The van der Waals surface area contributed by atoms with Gasteiger partial charge in [0.1, 0.15) is 0 Å². The second-order valence-corrected chi connectivity index (χ2v) is 4.29. The summed E-state index contributed by atoms with van der Waals surface area (Å²) in [6.45, 7) is 0.327. The molecule has 0 spiro atoms. The van der Waals surface area contributed by atoms with E-state index in [1.165, 1.54) is 19.2 Å². The zero-order valence-electron chi connectivity index (χ0n) is 9.50. The lowest BCUT2D eigenvalue weighted by Crippen LogP contribution is -2.24. The molecule has 0 bridgehead atoms. The van der Waals surface area contributed by atoms with E-state index in [1.807, 2.05) is 0 Å². The fourth-order valence-corrected chi connectivity index (χ4v) is 1.66. The van der Waals surface area contributed by atoms with Crippen LogP contribution in [0.4, 0.5) is 10.1 Å². The minimum Gasteiger partial charge on any atom is -0.494 e. The molecule has 2 rings (SSSR count). The molecule has 0 aliphatic heterocycles. The number of nitrogens with one attached hydrogen (secondary N) is 1. The fourth-order valence-electron chi connectivity index (χ4n) is 1.66. The van der Waals surface area contributed by atoms with E-state index in [9.17, 15) is 9.18 Å². The fraction of sp³-hybridized carbons (Fsp3) is 0.417. The van der Waals surface area contributed by atoms with Crippen molar-refractivity contribution in [2.75, 3.05) is 19.0 Å². The van der Waals surface area contributed by atoms with Gasteiger partial charge >= 0.3 is 5.97 Å². The van der Waals surface area contributed by atoms with E-state index in [1.54, 1.807) is 6.07 Å². The van der Waals surface area contributed by atoms with Gasteiger partial charge in [-0.1, -0.05) is 0 Å². The molecule has 1 aliphatic rings. The van der Waals surface area contributed by atoms with Gasteiger partial charge in [0.25, 0.3) is 0 Å². The van der Waals surface area contributed by atoms with Gasteiger partial charge in [0.15, 0.2) is 11.6 Å². The molecule has 1 saturated carbocycles. The first-order chi connectivity index (χ1) is 8.07. The van der Waals surface area contributed by atoms with Gasteiger partial charge in [-0.15, -0.1) is 0 Å². The van der Waals surface area contributed by atoms with E-state index < -0.39 is 17.2 Å². The number of aliphatic carboxylic acids is 1. The van der Waals surface area contributed by atoms with Gasteiger partial charge in [-0.25, -0.2) is 4.39 Å². The van der Waals surface area contributed by atoms with Crippen molar-refractivity contribution in [2.24, 2.45) is 5.41 Å². The Hall–Kier alpha value is -1.78. The molecule has 0 aromatic heterocycles. The third kappa shape index (κ3) is 2.33.